The fraction of sp³-hybridized carbons (Fsp3) is 0.692. The van der Waals surface area contributed by atoms with Crippen LogP contribution in [0.4, 0.5) is 0 Å². The lowest BCUT2D eigenvalue weighted by molar-refractivity contribution is -0.153. The molecule has 0 saturated heterocycles. The Hall–Kier alpha value is -1.50. The Morgan fingerprint density at radius 1 is 0.763 bits per heavy atom. The number of esters is 4. The molecule has 4 atom stereocenters. The van der Waals surface area contributed by atoms with Crippen molar-refractivity contribution in [2.24, 2.45) is 11.8 Å². The van der Waals surface area contributed by atoms with Crippen molar-refractivity contribution < 1.29 is 38.1 Å². The van der Waals surface area contributed by atoms with E-state index in [-0.39, 0.29) is 41.8 Å². The lowest BCUT2D eigenvalue weighted by Gasteiger charge is -2.19. The summed E-state index contributed by atoms with van der Waals surface area (Å²) in [7, 11) is 0. The number of carbonyl (C=O) groups is 4. The lowest BCUT2D eigenvalue weighted by atomic mass is 10.0. The van der Waals surface area contributed by atoms with E-state index >= 15 is 0 Å². The molecule has 0 bridgehead atoms. The molecular formula is C26H44O8S4. The summed E-state index contributed by atoms with van der Waals surface area (Å²) < 4.78 is 21.7. The Balaban J connectivity index is -0.000000608. The van der Waals surface area contributed by atoms with E-state index in [0.29, 0.717) is 36.7 Å². The molecule has 220 valence electrons. The molecule has 0 rings (SSSR count). The smallest absolute Gasteiger partial charge is 0.308 e. The molecule has 0 aliphatic carbocycles. The van der Waals surface area contributed by atoms with E-state index in [4.69, 9.17) is 43.4 Å². The molecule has 0 radical (unpaired) electrons. The summed E-state index contributed by atoms with van der Waals surface area (Å²) in [5.74, 6) is -1.06. The van der Waals surface area contributed by atoms with Crippen molar-refractivity contribution in [3.63, 3.8) is 0 Å². The van der Waals surface area contributed by atoms with Crippen LogP contribution in [-0.4, -0.2) is 62.8 Å². The standard InChI is InChI=1S/C13H22O4S2.C11H18O4S2.C2H4/c1-5-16-13(15)9(2)8-12(17-10(3)14)6-7-19-11(4)18;1-5-14-11(13)7(2)6-10(15-8(3)12)17-9(4)16;1-2/h9,12H,5-8H2,1-4H3;7,10H,5-6H2,1-4H3;1-2H2. The fourth-order valence-corrected chi connectivity index (χ4v) is 4.91. The minimum atomic E-state index is -0.426. The number of carbonyl (C=O) groups excluding carboxylic acids is 4. The van der Waals surface area contributed by atoms with E-state index < -0.39 is 5.44 Å². The molecule has 0 aromatic rings. The highest BCUT2D eigenvalue weighted by molar-refractivity contribution is 8.23. The highest BCUT2D eigenvalue weighted by atomic mass is 32.2. The third-order valence-electron chi connectivity index (χ3n) is 4.21. The molecule has 0 aliphatic rings. The molecule has 12 heteroatoms. The molecule has 0 heterocycles. The van der Waals surface area contributed by atoms with Crippen LogP contribution in [0.1, 0.15) is 74.7 Å². The van der Waals surface area contributed by atoms with Crippen LogP contribution in [0.2, 0.25) is 0 Å². The van der Waals surface area contributed by atoms with Crippen LogP contribution in [-0.2, 0) is 38.1 Å². The summed E-state index contributed by atoms with van der Waals surface area (Å²) in [5, 5.41) is 0. The molecule has 0 aliphatic heterocycles. The fourth-order valence-electron chi connectivity index (χ4n) is 2.73. The van der Waals surface area contributed by atoms with Gasteiger partial charge in [-0.3, -0.25) is 19.2 Å². The van der Waals surface area contributed by atoms with Crippen molar-refractivity contribution in [1.82, 2.24) is 0 Å². The van der Waals surface area contributed by atoms with Gasteiger partial charge in [0.2, 0.25) is 0 Å². The van der Waals surface area contributed by atoms with E-state index in [0.717, 1.165) is 9.95 Å². The van der Waals surface area contributed by atoms with Crippen molar-refractivity contribution in [1.29, 1.82) is 0 Å². The van der Waals surface area contributed by atoms with E-state index in [1.807, 2.05) is 6.92 Å². The van der Waals surface area contributed by atoms with Crippen molar-refractivity contribution in [2.45, 2.75) is 86.2 Å². The first-order chi connectivity index (χ1) is 17.7. The number of hydrogen-bond donors (Lipinski definition) is 0. The van der Waals surface area contributed by atoms with Gasteiger partial charge in [0.25, 0.3) is 0 Å². The Bertz CT molecular complexity index is 729. The molecule has 0 aromatic carbocycles. The zero-order valence-corrected chi connectivity index (χ0v) is 27.1. The number of rotatable bonds is 14. The molecule has 0 amide bonds. The highest BCUT2D eigenvalue weighted by Gasteiger charge is 2.23. The maximum absolute atomic E-state index is 11.6. The maximum atomic E-state index is 11.6. The van der Waals surface area contributed by atoms with Crippen LogP contribution >= 0.6 is 48.0 Å². The van der Waals surface area contributed by atoms with Crippen LogP contribution in [0, 0.1) is 11.8 Å². The topological polar surface area (TPSA) is 105 Å². The second-order valence-electron chi connectivity index (χ2n) is 7.79. The normalized spacial score (nSPS) is 12.9. The summed E-state index contributed by atoms with van der Waals surface area (Å²) in [4.78, 5) is 45.0. The third kappa shape index (κ3) is 26.1. The second-order valence-corrected chi connectivity index (χ2v) is 12.2. The number of hydrogen-bond acceptors (Lipinski definition) is 12. The van der Waals surface area contributed by atoms with Gasteiger partial charge in [0.1, 0.15) is 6.10 Å². The third-order valence-corrected chi connectivity index (χ3v) is 6.59. The molecule has 0 spiro atoms. The van der Waals surface area contributed by atoms with Crippen LogP contribution in [0.15, 0.2) is 13.2 Å². The summed E-state index contributed by atoms with van der Waals surface area (Å²) in [6.45, 7) is 20.1. The molecule has 0 N–H and O–H groups in total. The first-order valence-electron chi connectivity index (χ1n) is 12.2. The average Bonchev–Trinajstić information content (AvgIpc) is 2.79. The van der Waals surface area contributed by atoms with Gasteiger partial charge in [-0.25, -0.2) is 0 Å². The van der Waals surface area contributed by atoms with Crippen LogP contribution < -0.4 is 0 Å². The van der Waals surface area contributed by atoms with E-state index in [9.17, 15) is 19.2 Å². The van der Waals surface area contributed by atoms with Gasteiger partial charge in [0.05, 0.1) is 25.0 Å². The molecule has 8 nitrogen and oxygen atoms in total. The number of ether oxygens (including phenoxy) is 4. The SMILES string of the molecule is C=C.CCOC(=O)C(C)CC(CCSC(C)=S)OC(C)=O.CCOC(=O)C(C)CC(OC(C)=O)SC(C)=S. The van der Waals surface area contributed by atoms with Gasteiger partial charge in [0.15, 0.2) is 5.44 Å². The maximum Gasteiger partial charge on any atom is 0.308 e. The number of thioether (sulfide) groups is 2. The lowest BCUT2D eigenvalue weighted by Crippen LogP contribution is -2.25. The van der Waals surface area contributed by atoms with Crippen molar-refractivity contribution in [3.05, 3.63) is 13.2 Å². The van der Waals surface area contributed by atoms with Crippen LogP contribution in [0.5, 0.6) is 0 Å². The summed E-state index contributed by atoms with van der Waals surface area (Å²) in [6.07, 6.45) is 1.30. The quantitative estimate of drug-likeness (QED) is 0.0720. The monoisotopic (exact) mass is 612 g/mol. The predicted octanol–water partition coefficient (Wildman–Crippen LogP) is 6.33. The van der Waals surface area contributed by atoms with Gasteiger partial charge in [-0.05, 0) is 40.5 Å². The largest absolute Gasteiger partial charge is 0.466 e. The van der Waals surface area contributed by atoms with Gasteiger partial charge in [-0.2, -0.15) is 0 Å². The van der Waals surface area contributed by atoms with E-state index in [2.05, 4.69) is 13.2 Å². The summed E-state index contributed by atoms with van der Waals surface area (Å²) >= 11 is 12.8. The molecule has 38 heavy (non-hydrogen) atoms. The summed E-state index contributed by atoms with van der Waals surface area (Å²) in [6, 6.07) is 0. The average molecular weight is 613 g/mol. The van der Waals surface area contributed by atoms with Gasteiger partial charge in [-0.15, -0.1) is 24.9 Å². The second kappa shape index (κ2) is 25.8. The van der Waals surface area contributed by atoms with Crippen LogP contribution in [0.3, 0.4) is 0 Å². The van der Waals surface area contributed by atoms with Gasteiger partial charge < -0.3 is 18.9 Å². The molecule has 0 aromatic heterocycles. The Labute approximate surface area is 247 Å². The minimum Gasteiger partial charge on any atom is -0.466 e. The zero-order chi connectivity index (χ0) is 30.3. The zero-order valence-electron chi connectivity index (χ0n) is 23.9. The summed E-state index contributed by atoms with van der Waals surface area (Å²) in [5.41, 5.74) is -0.426. The van der Waals surface area contributed by atoms with Crippen molar-refractivity contribution in [3.8, 4) is 0 Å². The Morgan fingerprint density at radius 3 is 1.58 bits per heavy atom. The van der Waals surface area contributed by atoms with Crippen LogP contribution in [0.25, 0.3) is 0 Å². The first kappa shape index (κ1) is 41.0. The molecule has 4 unspecified atom stereocenters. The molecular weight excluding hydrogens is 569 g/mol. The van der Waals surface area contributed by atoms with Crippen molar-refractivity contribution in [2.75, 3.05) is 19.0 Å². The van der Waals surface area contributed by atoms with Gasteiger partial charge >= 0.3 is 23.9 Å². The van der Waals surface area contributed by atoms with Gasteiger partial charge in [0, 0.05) is 34.4 Å². The highest BCUT2D eigenvalue weighted by Crippen LogP contribution is 2.23. The Morgan fingerprint density at radius 2 is 1.21 bits per heavy atom. The Kier molecular flexibility index (Phi) is 27.8. The van der Waals surface area contributed by atoms with Gasteiger partial charge in [-0.1, -0.05) is 50.0 Å². The van der Waals surface area contributed by atoms with Crippen molar-refractivity contribution >= 4 is 80.2 Å². The predicted molar refractivity (Wildman–Crippen MR) is 164 cm³/mol. The first-order valence-corrected chi connectivity index (χ1v) is 14.9. The number of thiocarbonyl (C=S) groups is 2. The molecule has 0 fully saturated rings. The van der Waals surface area contributed by atoms with E-state index in [1.54, 1.807) is 46.4 Å². The van der Waals surface area contributed by atoms with E-state index in [1.165, 1.54) is 25.6 Å². The molecule has 0 saturated carbocycles. The minimum absolute atomic E-state index is 0.252.